The molecule has 1 aromatic rings. The van der Waals surface area contributed by atoms with Crippen LogP contribution in [0.15, 0.2) is 30.6 Å². The molecule has 0 N–H and O–H groups in total. The van der Waals surface area contributed by atoms with Crippen molar-refractivity contribution in [2.24, 2.45) is 0 Å². The van der Waals surface area contributed by atoms with Crippen LogP contribution in [0.2, 0.25) is 0 Å². The normalized spacial score (nSPS) is 14.6. The summed E-state index contributed by atoms with van der Waals surface area (Å²) in [4.78, 5) is 4.50. The molecule has 1 aliphatic rings. The monoisotopic (exact) mass is 444 g/mol. The Kier molecular flexibility index (Phi) is 7.39. The first kappa shape index (κ1) is 18.8. The average molecular weight is 444 g/mol. The van der Waals surface area contributed by atoms with E-state index < -0.39 is 13.5 Å². The van der Waals surface area contributed by atoms with Crippen LogP contribution in [0.5, 0.6) is 5.75 Å². The van der Waals surface area contributed by atoms with Crippen molar-refractivity contribution in [2.45, 2.75) is 32.8 Å². The second-order valence-corrected chi connectivity index (χ2v) is 11.7. The molecule has 0 radical (unpaired) electrons. The van der Waals surface area contributed by atoms with Crippen LogP contribution in [0.1, 0.15) is 31.4 Å². The molecule has 3 nitrogen and oxygen atoms in total. The number of rotatable bonds is 7. The van der Waals surface area contributed by atoms with E-state index in [1.165, 1.54) is 5.56 Å². The van der Waals surface area contributed by atoms with Crippen LogP contribution in [-0.2, 0) is 19.9 Å². The first-order valence-corrected chi connectivity index (χ1v) is 13.2. The molecular formula is C17H24Cl2N2ORu. The maximum atomic E-state index is 6.06. The zero-order valence-corrected chi connectivity index (χ0v) is 17.0. The van der Waals surface area contributed by atoms with Crippen molar-refractivity contribution in [2.75, 3.05) is 20.3 Å². The van der Waals surface area contributed by atoms with E-state index >= 15 is 0 Å². The first-order chi connectivity index (χ1) is 10.9. The Labute approximate surface area is 152 Å². The summed E-state index contributed by atoms with van der Waals surface area (Å²) in [5.74, 6) is 0.868. The summed E-state index contributed by atoms with van der Waals surface area (Å²) in [6.07, 6.45) is 6.55. The molecule has 0 aromatic heterocycles. The minimum absolute atomic E-state index is 0.137. The zero-order chi connectivity index (χ0) is 16.8. The van der Waals surface area contributed by atoms with Crippen LogP contribution in [0, 0.1) is 0 Å². The predicted molar refractivity (Wildman–Crippen MR) is 95.9 cm³/mol. The molecule has 23 heavy (non-hydrogen) atoms. The van der Waals surface area contributed by atoms with Crippen LogP contribution < -0.4 is 4.74 Å². The summed E-state index contributed by atoms with van der Waals surface area (Å²) < 4.78 is 7.82. The van der Waals surface area contributed by atoms with Gasteiger partial charge in [-0.3, -0.25) is 0 Å². The fourth-order valence-electron chi connectivity index (χ4n) is 2.50. The third kappa shape index (κ3) is 6.45. The van der Waals surface area contributed by atoms with Crippen molar-refractivity contribution in [3.63, 3.8) is 0 Å². The Morgan fingerprint density at radius 2 is 2.09 bits per heavy atom. The number of ether oxygens (including phenoxy) is 1. The number of benzene rings is 1. The topological polar surface area (TPSA) is 15.7 Å². The molecule has 0 atom stereocenters. The molecule has 1 heterocycles. The third-order valence-electron chi connectivity index (χ3n) is 3.47. The van der Waals surface area contributed by atoms with Crippen molar-refractivity contribution in [3.8, 4) is 5.75 Å². The molecule has 0 unspecified atom stereocenters. The second kappa shape index (κ2) is 9.06. The number of aryl methyl sites for hydroxylation is 1. The number of nitrogens with zero attached hydrogens (tertiary/aromatic N) is 2. The SMILES string of the molecule is CC(C)Oc1ccc(CCCN2C=CN(C)C2)cc1[CH]=[Ru]([Cl])[Cl]. The summed E-state index contributed by atoms with van der Waals surface area (Å²) in [5, 5.41) is 0. The van der Waals surface area contributed by atoms with Gasteiger partial charge >= 0.3 is 153 Å². The molecule has 1 aromatic carbocycles. The van der Waals surface area contributed by atoms with Crippen molar-refractivity contribution < 1.29 is 18.3 Å². The standard InChI is InChI=1S/C17H24N2O.2ClH.Ru/c1-14(2)20-17-8-7-16(12-15(17)3)6-5-9-19-11-10-18(4)13-19;;;/h3,7-8,10-12,14H,5-6,9,13H2,1-2,4H3;2*1H;/q;;;+2/p-2. The number of hydrogen-bond acceptors (Lipinski definition) is 3. The average Bonchev–Trinajstić information content (AvgIpc) is 2.86. The van der Waals surface area contributed by atoms with E-state index in [1.54, 1.807) is 0 Å². The molecule has 0 saturated heterocycles. The zero-order valence-electron chi connectivity index (χ0n) is 13.8. The summed E-state index contributed by atoms with van der Waals surface area (Å²) in [5.41, 5.74) is 2.33. The van der Waals surface area contributed by atoms with Crippen LogP contribution in [-0.4, -0.2) is 40.8 Å². The van der Waals surface area contributed by atoms with E-state index in [-0.39, 0.29) is 6.10 Å². The molecule has 0 spiro atoms. The summed E-state index contributed by atoms with van der Waals surface area (Å²) in [7, 11) is 14.2. The van der Waals surface area contributed by atoms with Crippen LogP contribution in [0.4, 0.5) is 0 Å². The van der Waals surface area contributed by atoms with Crippen LogP contribution >= 0.6 is 19.4 Å². The number of hydrogen-bond donors (Lipinski definition) is 0. The molecule has 130 valence electrons. The van der Waals surface area contributed by atoms with Gasteiger partial charge in [-0.2, -0.15) is 0 Å². The fraction of sp³-hybridized carbons (Fsp3) is 0.471. The number of halogens is 2. The van der Waals surface area contributed by atoms with Crippen molar-refractivity contribution in [1.82, 2.24) is 9.80 Å². The van der Waals surface area contributed by atoms with Gasteiger partial charge in [0.1, 0.15) is 0 Å². The van der Waals surface area contributed by atoms with Crippen molar-refractivity contribution in [1.29, 1.82) is 0 Å². The molecular weight excluding hydrogens is 420 g/mol. The second-order valence-electron chi connectivity index (χ2n) is 5.96. The summed E-state index contributed by atoms with van der Waals surface area (Å²) in [6.45, 7) is 6.09. The van der Waals surface area contributed by atoms with Gasteiger partial charge < -0.3 is 0 Å². The van der Waals surface area contributed by atoms with Gasteiger partial charge in [-0.15, -0.1) is 0 Å². The van der Waals surface area contributed by atoms with E-state index in [0.29, 0.717) is 0 Å². The molecule has 0 amide bonds. The Balaban J connectivity index is 1.99. The summed E-state index contributed by atoms with van der Waals surface area (Å²) >= 11 is -1.87. The van der Waals surface area contributed by atoms with E-state index in [9.17, 15) is 0 Å². The summed E-state index contributed by atoms with van der Waals surface area (Å²) in [6, 6.07) is 6.34. The molecule has 0 aliphatic carbocycles. The minimum atomic E-state index is -1.87. The molecule has 0 bridgehead atoms. The van der Waals surface area contributed by atoms with Crippen LogP contribution in [0.3, 0.4) is 0 Å². The van der Waals surface area contributed by atoms with Gasteiger partial charge in [-0.25, -0.2) is 0 Å². The third-order valence-corrected chi connectivity index (χ3v) is 5.30. The maximum absolute atomic E-state index is 6.06. The quantitative estimate of drug-likeness (QED) is 0.588. The Hall–Kier alpha value is -0.567. The fourth-order valence-corrected chi connectivity index (χ4v) is 4.28. The molecule has 6 heteroatoms. The Morgan fingerprint density at radius 3 is 2.70 bits per heavy atom. The van der Waals surface area contributed by atoms with Gasteiger partial charge in [0.25, 0.3) is 0 Å². The predicted octanol–water partition coefficient (Wildman–Crippen LogP) is 4.16. The van der Waals surface area contributed by atoms with E-state index in [0.717, 1.165) is 37.4 Å². The first-order valence-electron chi connectivity index (χ1n) is 7.69. The van der Waals surface area contributed by atoms with E-state index in [2.05, 4.69) is 41.4 Å². The Bertz CT molecular complexity index is 586. The molecule has 1 aliphatic heterocycles. The van der Waals surface area contributed by atoms with E-state index in [4.69, 9.17) is 24.1 Å². The van der Waals surface area contributed by atoms with Gasteiger partial charge in [0.2, 0.25) is 0 Å². The van der Waals surface area contributed by atoms with Crippen molar-refractivity contribution >= 4 is 24.0 Å². The van der Waals surface area contributed by atoms with Gasteiger partial charge in [0.15, 0.2) is 0 Å². The van der Waals surface area contributed by atoms with Gasteiger partial charge in [0, 0.05) is 0 Å². The van der Waals surface area contributed by atoms with Crippen molar-refractivity contribution in [3.05, 3.63) is 41.7 Å². The Morgan fingerprint density at radius 1 is 1.30 bits per heavy atom. The van der Waals surface area contributed by atoms with Gasteiger partial charge in [-0.05, 0) is 0 Å². The van der Waals surface area contributed by atoms with Gasteiger partial charge in [0.05, 0.1) is 0 Å². The molecule has 2 rings (SSSR count). The molecule has 0 saturated carbocycles. The van der Waals surface area contributed by atoms with Gasteiger partial charge in [-0.1, -0.05) is 0 Å². The van der Waals surface area contributed by atoms with E-state index in [1.807, 2.05) is 24.5 Å². The molecule has 0 fully saturated rings. The van der Waals surface area contributed by atoms with Crippen LogP contribution in [0.25, 0.3) is 0 Å².